The second-order valence-electron chi connectivity index (χ2n) is 5.14. The van der Waals surface area contributed by atoms with Crippen LogP contribution in [0, 0.1) is 6.92 Å². The van der Waals surface area contributed by atoms with Crippen LogP contribution in [0.5, 0.6) is 0 Å². The minimum absolute atomic E-state index is 0.0925. The summed E-state index contributed by atoms with van der Waals surface area (Å²) in [5.41, 5.74) is 0.799. The summed E-state index contributed by atoms with van der Waals surface area (Å²) in [6.45, 7) is 3.72. The zero-order valence-corrected chi connectivity index (χ0v) is 14.2. The van der Waals surface area contributed by atoms with Crippen LogP contribution in [0.15, 0.2) is 10.3 Å². The van der Waals surface area contributed by atoms with Gasteiger partial charge >= 0.3 is 0 Å². The smallest absolute Gasteiger partial charge is 0.252 e. The number of hydrogen-bond donors (Lipinski definition) is 0. The Hall–Kier alpha value is -0.180. The molecule has 0 amide bonds. The van der Waals surface area contributed by atoms with Crippen molar-refractivity contribution >= 4 is 33.0 Å². The number of thiophene rings is 1. The summed E-state index contributed by atoms with van der Waals surface area (Å²) in [6.07, 6.45) is -0.0925. The van der Waals surface area contributed by atoms with Crippen LogP contribution in [0.2, 0.25) is 4.34 Å². The van der Waals surface area contributed by atoms with E-state index < -0.39 is 10.0 Å². The van der Waals surface area contributed by atoms with E-state index in [1.165, 1.54) is 4.31 Å². The minimum atomic E-state index is -3.46. The molecule has 1 atom stereocenters. The second kappa shape index (κ2) is 6.29. The van der Waals surface area contributed by atoms with E-state index in [0.29, 0.717) is 34.8 Å². The van der Waals surface area contributed by atoms with Crippen molar-refractivity contribution in [1.29, 1.82) is 0 Å². The Morgan fingerprint density at radius 2 is 2.25 bits per heavy atom. The molecular formula is C12H19ClN2O3S2. The van der Waals surface area contributed by atoms with Crippen LogP contribution < -0.4 is 0 Å². The van der Waals surface area contributed by atoms with Gasteiger partial charge in [0.05, 0.1) is 17.0 Å². The van der Waals surface area contributed by atoms with Gasteiger partial charge in [0.15, 0.2) is 0 Å². The van der Waals surface area contributed by atoms with Crippen LogP contribution in [0.1, 0.15) is 5.56 Å². The van der Waals surface area contributed by atoms with E-state index in [1.807, 2.05) is 25.9 Å². The summed E-state index contributed by atoms with van der Waals surface area (Å²) in [7, 11) is 0.424. The number of halogens is 1. The molecule has 20 heavy (non-hydrogen) atoms. The standard InChI is InChI=1S/C12H19ClN2O3S2/c1-9-6-11(19-12(9)13)20(16,17)15-4-5-18-10(8-15)7-14(2)3/h6,10H,4-5,7-8H2,1-3H3/t10-/m1/s1. The first-order chi connectivity index (χ1) is 9.30. The molecule has 1 fully saturated rings. The fourth-order valence-electron chi connectivity index (χ4n) is 2.11. The van der Waals surface area contributed by atoms with Crippen molar-refractivity contribution in [3.8, 4) is 0 Å². The summed E-state index contributed by atoms with van der Waals surface area (Å²) >= 11 is 7.09. The molecule has 2 rings (SSSR count). The van der Waals surface area contributed by atoms with E-state index in [9.17, 15) is 8.42 Å². The average Bonchev–Trinajstić information content (AvgIpc) is 2.70. The number of aryl methyl sites for hydroxylation is 1. The van der Waals surface area contributed by atoms with Crippen LogP contribution >= 0.6 is 22.9 Å². The molecule has 0 aromatic carbocycles. The Bertz CT molecular complexity index is 552. The lowest BCUT2D eigenvalue weighted by atomic mass is 10.3. The van der Waals surface area contributed by atoms with Crippen molar-refractivity contribution in [2.45, 2.75) is 17.2 Å². The van der Waals surface area contributed by atoms with Crippen molar-refractivity contribution in [2.24, 2.45) is 0 Å². The summed E-state index contributed by atoms with van der Waals surface area (Å²) in [4.78, 5) is 1.99. The summed E-state index contributed by atoms with van der Waals surface area (Å²) in [6, 6.07) is 1.64. The van der Waals surface area contributed by atoms with Crippen molar-refractivity contribution in [2.75, 3.05) is 40.3 Å². The third-order valence-electron chi connectivity index (χ3n) is 3.10. The normalized spacial score (nSPS) is 21.6. The van der Waals surface area contributed by atoms with Crippen molar-refractivity contribution in [1.82, 2.24) is 9.21 Å². The van der Waals surface area contributed by atoms with Gasteiger partial charge in [0, 0.05) is 19.6 Å². The maximum Gasteiger partial charge on any atom is 0.252 e. The number of sulfonamides is 1. The lowest BCUT2D eigenvalue weighted by Gasteiger charge is -2.33. The highest BCUT2D eigenvalue weighted by atomic mass is 35.5. The van der Waals surface area contributed by atoms with Crippen molar-refractivity contribution < 1.29 is 13.2 Å². The lowest BCUT2D eigenvalue weighted by Crippen LogP contribution is -2.48. The van der Waals surface area contributed by atoms with Crippen molar-refractivity contribution in [3.63, 3.8) is 0 Å². The third kappa shape index (κ3) is 3.52. The number of morpholine rings is 1. The predicted molar refractivity (Wildman–Crippen MR) is 81.1 cm³/mol. The Morgan fingerprint density at radius 3 is 2.80 bits per heavy atom. The van der Waals surface area contributed by atoms with Crippen LogP contribution in [-0.2, 0) is 14.8 Å². The maximum absolute atomic E-state index is 12.6. The van der Waals surface area contributed by atoms with Gasteiger partial charge in [-0.15, -0.1) is 11.3 Å². The van der Waals surface area contributed by atoms with Gasteiger partial charge in [-0.1, -0.05) is 11.6 Å². The number of rotatable bonds is 4. The molecule has 0 unspecified atom stereocenters. The topological polar surface area (TPSA) is 49.9 Å². The highest BCUT2D eigenvalue weighted by molar-refractivity contribution is 7.91. The van der Waals surface area contributed by atoms with Gasteiger partial charge in [0.2, 0.25) is 0 Å². The molecular weight excluding hydrogens is 320 g/mol. The highest BCUT2D eigenvalue weighted by Gasteiger charge is 2.32. The average molecular weight is 339 g/mol. The number of likely N-dealkylation sites (N-methyl/N-ethyl adjacent to an activating group) is 1. The molecule has 0 radical (unpaired) electrons. The largest absolute Gasteiger partial charge is 0.374 e. The molecule has 2 heterocycles. The first kappa shape index (κ1) is 16.2. The molecule has 0 N–H and O–H groups in total. The number of ether oxygens (including phenoxy) is 1. The van der Waals surface area contributed by atoms with Crippen LogP contribution in [-0.4, -0.2) is 64.1 Å². The third-order valence-corrected chi connectivity index (χ3v) is 6.97. The van der Waals surface area contributed by atoms with Crippen LogP contribution in [0.3, 0.4) is 0 Å². The molecule has 114 valence electrons. The van der Waals surface area contributed by atoms with Gasteiger partial charge in [-0.05, 0) is 32.6 Å². The van der Waals surface area contributed by atoms with Gasteiger partial charge in [0.1, 0.15) is 4.21 Å². The molecule has 1 aliphatic heterocycles. The van der Waals surface area contributed by atoms with Gasteiger partial charge in [-0.3, -0.25) is 0 Å². The zero-order valence-electron chi connectivity index (χ0n) is 11.8. The van der Waals surface area contributed by atoms with Gasteiger partial charge in [-0.25, -0.2) is 8.42 Å². The molecule has 1 aromatic heterocycles. The summed E-state index contributed by atoms with van der Waals surface area (Å²) in [5, 5.41) is 0. The molecule has 1 saturated heterocycles. The highest BCUT2D eigenvalue weighted by Crippen LogP contribution is 2.32. The van der Waals surface area contributed by atoms with Gasteiger partial charge in [0.25, 0.3) is 10.0 Å². The Balaban J connectivity index is 2.17. The minimum Gasteiger partial charge on any atom is -0.374 e. The summed E-state index contributed by atoms with van der Waals surface area (Å²) in [5.74, 6) is 0. The fourth-order valence-corrected chi connectivity index (χ4v) is 5.43. The van der Waals surface area contributed by atoms with E-state index in [2.05, 4.69) is 0 Å². The second-order valence-corrected chi connectivity index (χ2v) is 8.96. The first-order valence-electron chi connectivity index (χ1n) is 6.33. The van der Waals surface area contributed by atoms with Crippen LogP contribution in [0.4, 0.5) is 0 Å². The molecule has 0 bridgehead atoms. The van der Waals surface area contributed by atoms with E-state index >= 15 is 0 Å². The number of hydrogen-bond acceptors (Lipinski definition) is 5. The van der Waals surface area contributed by atoms with E-state index in [0.717, 1.165) is 16.9 Å². The molecule has 5 nitrogen and oxygen atoms in total. The lowest BCUT2D eigenvalue weighted by molar-refractivity contribution is -0.0131. The Kier molecular flexibility index (Phi) is 5.09. The van der Waals surface area contributed by atoms with Gasteiger partial charge < -0.3 is 9.64 Å². The van der Waals surface area contributed by atoms with Crippen LogP contribution in [0.25, 0.3) is 0 Å². The molecule has 8 heteroatoms. The predicted octanol–water partition coefficient (Wildman–Crippen LogP) is 1.66. The monoisotopic (exact) mass is 338 g/mol. The van der Waals surface area contributed by atoms with E-state index in [-0.39, 0.29) is 6.10 Å². The van der Waals surface area contributed by atoms with E-state index in [1.54, 1.807) is 6.07 Å². The molecule has 0 aliphatic carbocycles. The molecule has 1 aliphatic rings. The quantitative estimate of drug-likeness (QED) is 0.838. The molecule has 0 spiro atoms. The van der Waals surface area contributed by atoms with Gasteiger partial charge in [-0.2, -0.15) is 4.31 Å². The SMILES string of the molecule is Cc1cc(S(=O)(=O)N2CCO[C@H](CN(C)C)C2)sc1Cl. The zero-order chi connectivity index (χ0) is 14.9. The molecule has 0 saturated carbocycles. The van der Waals surface area contributed by atoms with E-state index in [4.69, 9.17) is 16.3 Å². The number of nitrogens with zero attached hydrogens (tertiary/aromatic N) is 2. The fraction of sp³-hybridized carbons (Fsp3) is 0.667. The Labute approximate surface area is 129 Å². The maximum atomic E-state index is 12.6. The summed E-state index contributed by atoms with van der Waals surface area (Å²) < 4.78 is 33.1. The first-order valence-corrected chi connectivity index (χ1v) is 8.96. The van der Waals surface area contributed by atoms with Crippen molar-refractivity contribution in [3.05, 3.63) is 16.0 Å². The molecule has 1 aromatic rings. The Morgan fingerprint density at radius 1 is 1.55 bits per heavy atom.